The van der Waals surface area contributed by atoms with Crippen molar-refractivity contribution < 1.29 is 29.3 Å². The number of benzene rings is 1. The van der Waals surface area contributed by atoms with Crippen molar-refractivity contribution in [1.29, 1.82) is 0 Å². The SMILES string of the molecule is Cc1cccc(OCC(=O)N2CCN(C(C)C)CC2)c1.O=C(O)C(=O)O. The Balaban J connectivity index is 0.000000487. The Labute approximate surface area is 153 Å². The van der Waals surface area contributed by atoms with E-state index in [1.807, 2.05) is 36.1 Å². The number of hydrogen-bond donors (Lipinski definition) is 2. The summed E-state index contributed by atoms with van der Waals surface area (Å²) in [6.45, 7) is 10.0. The van der Waals surface area contributed by atoms with Crippen LogP contribution in [0.1, 0.15) is 19.4 Å². The molecule has 1 amide bonds. The number of aryl methyl sites for hydroxylation is 1. The molecule has 0 radical (unpaired) electrons. The molecule has 0 aliphatic carbocycles. The molecule has 0 spiro atoms. The highest BCUT2D eigenvalue weighted by Crippen LogP contribution is 2.13. The number of carboxylic acid groups (broad SMARTS) is 2. The molecule has 8 heteroatoms. The number of amides is 1. The highest BCUT2D eigenvalue weighted by Gasteiger charge is 2.22. The van der Waals surface area contributed by atoms with Gasteiger partial charge in [0.05, 0.1) is 0 Å². The van der Waals surface area contributed by atoms with Crippen molar-refractivity contribution in [2.24, 2.45) is 0 Å². The van der Waals surface area contributed by atoms with E-state index in [4.69, 9.17) is 24.5 Å². The first-order valence-corrected chi connectivity index (χ1v) is 8.38. The first-order chi connectivity index (χ1) is 12.2. The van der Waals surface area contributed by atoms with Crippen molar-refractivity contribution in [2.45, 2.75) is 26.8 Å². The average molecular weight is 366 g/mol. The molecule has 0 saturated carbocycles. The fraction of sp³-hybridized carbons (Fsp3) is 0.500. The number of ether oxygens (including phenoxy) is 1. The summed E-state index contributed by atoms with van der Waals surface area (Å²) < 4.78 is 5.57. The van der Waals surface area contributed by atoms with E-state index < -0.39 is 11.9 Å². The van der Waals surface area contributed by atoms with Gasteiger partial charge < -0.3 is 19.8 Å². The van der Waals surface area contributed by atoms with Gasteiger partial charge in [-0.05, 0) is 38.5 Å². The van der Waals surface area contributed by atoms with E-state index in [0.29, 0.717) is 6.04 Å². The number of aliphatic carboxylic acids is 2. The van der Waals surface area contributed by atoms with Gasteiger partial charge in [-0.25, -0.2) is 9.59 Å². The van der Waals surface area contributed by atoms with Gasteiger partial charge in [0, 0.05) is 32.2 Å². The number of piperazine rings is 1. The Hall–Kier alpha value is -2.61. The van der Waals surface area contributed by atoms with Crippen LogP contribution in [0.15, 0.2) is 24.3 Å². The smallest absolute Gasteiger partial charge is 0.414 e. The summed E-state index contributed by atoms with van der Waals surface area (Å²) in [6.07, 6.45) is 0. The van der Waals surface area contributed by atoms with Gasteiger partial charge in [0.1, 0.15) is 5.75 Å². The molecule has 8 nitrogen and oxygen atoms in total. The van der Waals surface area contributed by atoms with E-state index in [1.165, 1.54) is 0 Å². The summed E-state index contributed by atoms with van der Waals surface area (Å²) in [4.78, 5) is 34.6. The van der Waals surface area contributed by atoms with Crippen molar-refractivity contribution in [3.63, 3.8) is 0 Å². The lowest BCUT2D eigenvalue weighted by molar-refractivity contribution is -0.159. The fourth-order valence-corrected chi connectivity index (χ4v) is 2.43. The van der Waals surface area contributed by atoms with Gasteiger partial charge >= 0.3 is 11.9 Å². The monoisotopic (exact) mass is 366 g/mol. The third-order valence-electron chi connectivity index (χ3n) is 3.93. The molecular weight excluding hydrogens is 340 g/mol. The lowest BCUT2D eigenvalue weighted by atomic mass is 10.2. The van der Waals surface area contributed by atoms with E-state index in [0.717, 1.165) is 37.5 Å². The zero-order valence-electron chi connectivity index (χ0n) is 15.3. The van der Waals surface area contributed by atoms with Crippen molar-refractivity contribution in [2.75, 3.05) is 32.8 Å². The zero-order valence-corrected chi connectivity index (χ0v) is 15.3. The summed E-state index contributed by atoms with van der Waals surface area (Å²) in [5.74, 6) is -2.81. The molecule has 1 aliphatic heterocycles. The van der Waals surface area contributed by atoms with E-state index >= 15 is 0 Å². The third-order valence-corrected chi connectivity index (χ3v) is 3.93. The summed E-state index contributed by atoms with van der Waals surface area (Å²) in [5, 5.41) is 14.8. The molecule has 1 aliphatic rings. The van der Waals surface area contributed by atoms with Crippen LogP contribution in [0.5, 0.6) is 5.75 Å². The van der Waals surface area contributed by atoms with E-state index in [-0.39, 0.29) is 12.5 Å². The summed E-state index contributed by atoms with van der Waals surface area (Å²) in [5.41, 5.74) is 1.14. The Morgan fingerprint density at radius 2 is 1.65 bits per heavy atom. The number of nitrogens with zero attached hydrogens (tertiary/aromatic N) is 2. The molecule has 144 valence electrons. The lowest BCUT2D eigenvalue weighted by Crippen LogP contribution is -2.51. The molecule has 0 aromatic heterocycles. The maximum absolute atomic E-state index is 12.1. The Morgan fingerprint density at radius 3 is 2.12 bits per heavy atom. The number of carbonyl (C=O) groups is 3. The molecule has 26 heavy (non-hydrogen) atoms. The fourth-order valence-electron chi connectivity index (χ4n) is 2.43. The highest BCUT2D eigenvalue weighted by atomic mass is 16.5. The van der Waals surface area contributed by atoms with Crippen LogP contribution < -0.4 is 4.74 Å². The van der Waals surface area contributed by atoms with Crippen molar-refractivity contribution >= 4 is 17.8 Å². The number of rotatable bonds is 4. The molecule has 0 bridgehead atoms. The predicted octanol–water partition coefficient (Wildman–Crippen LogP) is 1.08. The molecule has 0 unspecified atom stereocenters. The van der Waals surface area contributed by atoms with Gasteiger partial charge in [-0.1, -0.05) is 12.1 Å². The van der Waals surface area contributed by atoms with Gasteiger partial charge in [0.15, 0.2) is 6.61 Å². The highest BCUT2D eigenvalue weighted by molar-refractivity contribution is 6.27. The van der Waals surface area contributed by atoms with Crippen LogP contribution in [0, 0.1) is 6.92 Å². The Kier molecular flexibility index (Phi) is 8.57. The minimum Gasteiger partial charge on any atom is -0.484 e. The van der Waals surface area contributed by atoms with Gasteiger partial charge in [-0.15, -0.1) is 0 Å². The molecule has 2 N–H and O–H groups in total. The zero-order chi connectivity index (χ0) is 19.7. The maximum atomic E-state index is 12.1. The van der Waals surface area contributed by atoms with Crippen molar-refractivity contribution in [3.8, 4) is 5.75 Å². The van der Waals surface area contributed by atoms with E-state index in [2.05, 4.69) is 18.7 Å². The summed E-state index contributed by atoms with van der Waals surface area (Å²) >= 11 is 0. The Bertz CT molecular complexity index is 612. The standard InChI is InChI=1S/C16H24N2O2.C2H2O4/c1-13(2)17-7-9-18(10-8-17)16(19)12-20-15-6-4-5-14(3)11-15;3-1(4)2(5)6/h4-6,11,13H,7-10,12H2,1-3H3;(H,3,4)(H,5,6). The minimum atomic E-state index is -1.82. The maximum Gasteiger partial charge on any atom is 0.414 e. The largest absolute Gasteiger partial charge is 0.484 e. The van der Waals surface area contributed by atoms with E-state index in [1.54, 1.807) is 0 Å². The molecule has 0 atom stereocenters. The second-order valence-electron chi connectivity index (χ2n) is 6.23. The van der Waals surface area contributed by atoms with Crippen LogP contribution in [0.4, 0.5) is 0 Å². The number of carbonyl (C=O) groups excluding carboxylic acids is 1. The molecule has 1 aromatic rings. The second kappa shape index (κ2) is 10.4. The quantitative estimate of drug-likeness (QED) is 0.768. The van der Waals surface area contributed by atoms with Crippen molar-refractivity contribution in [1.82, 2.24) is 9.80 Å². The molecule has 2 rings (SSSR count). The van der Waals surface area contributed by atoms with Crippen LogP contribution in [0.3, 0.4) is 0 Å². The Morgan fingerprint density at radius 1 is 1.08 bits per heavy atom. The van der Waals surface area contributed by atoms with Crippen LogP contribution in [0.25, 0.3) is 0 Å². The van der Waals surface area contributed by atoms with Crippen LogP contribution >= 0.6 is 0 Å². The first kappa shape index (κ1) is 21.4. The van der Waals surface area contributed by atoms with Gasteiger partial charge in [-0.3, -0.25) is 9.69 Å². The first-order valence-electron chi connectivity index (χ1n) is 8.38. The predicted molar refractivity (Wildman–Crippen MR) is 95.2 cm³/mol. The molecule has 1 saturated heterocycles. The van der Waals surface area contributed by atoms with Crippen molar-refractivity contribution in [3.05, 3.63) is 29.8 Å². The summed E-state index contributed by atoms with van der Waals surface area (Å²) in [6, 6.07) is 8.34. The average Bonchev–Trinajstić information content (AvgIpc) is 2.60. The molecule has 1 heterocycles. The number of hydrogen-bond acceptors (Lipinski definition) is 5. The van der Waals surface area contributed by atoms with Gasteiger partial charge in [0.2, 0.25) is 0 Å². The van der Waals surface area contributed by atoms with Gasteiger partial charge in [-0.2, -0.15) is 0 Å². The normalized spacial score (nSPS) is 14.4. The van der Waals surface area contributed by atoms with Crippen LogP contribution in [0.2, 0.25) is 0 Å². The second-order valence-corrected chi connectivity index (χ2v) is 6.23. The van der Waals surface area contributed by atoms with Gasteiger partial charge in [0.25, 0.3) is 5.91 Å². The van der Waals surface area contributed by atoms with Crippen LogP contribution in [-0.4, -0.2) is 76.7 Å². The van der Waals surface area contributed by atoms with E-state index in [9.17, 15) is 4.79 Å². The van der Waals surface area contributed by atoms with Crippen LogP contribution in [-0.2, 0) is 14.4 Å². The molecule has 1 aromatic carbocycles. The minimum absolute atomic E-state index is 0.0786. The lowest BCUT2D eigenvalue weighted by Gasteiger charge is -2.36. The number of carboxylic acids is 2. The molecular formula is C18H26N2O6. The topological polar surface area (TPSA) is 107 Å². The third kappa shape index (κ3) is 7.52. The molecule has 1 fully saturated rings. The summed E-state index contributed by atoms with van der Waals surface area (Å²) in [7, 11) is 0.